The standard InChI is InChI=1S/C22H27N2/c1-5-24(6-2)18-21(20-15-11-8-12-16-20)22(23(3)4)17-19-13-9-7-10-14-19/h7-17H,5-6H2,1-4H3. The quantitative estimate of drug-likeness (QED) is 0.535. The van der Waals surface area contributed by atoms with Gasteiger partial charge in [-0.25, -0.2) is 0 Å². The van der Waals surface area contributed by atoms with Crippen LogP contribution in [0.25, 0.3) is 11.6 Å². The van der Waals surface area contributed by atoms with E-state index < -0.39 is 0 Å². The van der Waals surface area contributed by atoms with Gasteiger partial charge in [-0.1, -0.05) is 60.7 Å². The smallest absolute Gasteiger partial charge is 0.0711 e. The number of hydrogen-bond donors (Lipinski definition) is 0. The molecule has 2 aromatic rings. The molecule has 0 fully saturated rings. The van der Waals surface area contributed by atoms with Crippen LogP contribution >= 0.6 is 0 Å². The topological polar surface area (TPSA) is 6.48 Å². The molecule has 1 radical (unpaired) electrons. The molecule has 0 aliphatic rings. The second-order valence-corrected chi connectivity index (χ2v) is 5.86. The minimum Gasteiger partial charge on any atom is -0.377 e. The maximum Gasteiger partial charge on any atom is 0.0711 e. The fourth-order valence-electron chi connectivity index (χ4n) is 2.55. The molecule has 2 rings (SSSR count). The van der Waals surface area contributed by atoms with Gasteiger partial charge in [-0.3, -0.25) is 0 Å². The molecule has 2 nitrogen and oxygen atoms in total. The molecular formula is C22H27N2. The van der Waals surface area contributed by atoms with Gasteiger partial charge in [-0.15, -0.1) is 0 Å². The highest BCUT2D eigenvalue weighted by atomic mass is 15.1. The van der Waals surface area contributed by atoms with E-state index >= 15 is 0 Å². The van der Waals surface area contributed by atoms with Crippen LogP contribution in [0.5, 0.6) is 0 Å². The van der Waals surface area contributed by atoms with Gasteiger partial charge < -0.3 is 9.80 Å². The molecule has 0 saturated carbocycles. The Bertz CT molecular complexity index is 666. The molecule has 0 atom stereocenters. The van der Waals surface area contributed by atoms with E-state index in [1.807, 2.05) is 6.07 Å². The Hall–Kier alpha value is -2.48. The summed E-state index contributed by atoms with van der Waals surface area (Å²) in [7, 11) is 4.17. The van der Waals surface area contributed by atoms with Crippen molar-refractivity contribution in [2.75, 3.05) is 27.2 Å². The zero-order valence-corrected chi connectivity index (χ0v) is 15.2. The van der Waals surface area contributed by atoms with Crippen LogP contribution in [0.2, 0.25) is 0 Å². The maximum atomic E-state index is 3.61. The molecule has 0 aromatic heterocycles. The number of likely N-dealkylation sites (N-methyl/N-ethyl adjacent to an activating group) is 1. The van der Waals surface area contributed by atoms with Crippen molar-refractivity contribution in [3.8, 4) is 0 Å². The largest absolute Gasteiger partial charge is 0.377 e. The Balaban J connectivity index is 2.56. The Kier molecular flexibility index (Phi) is 6.68. The van der Waals surface area contributed by atoms with Crippen LogP contribution in [0, 0.1) is 6.20 Å². The first kappa shape index (κ1) is 17.9. The molecule has 0 saturated heterocycles. The van der Waals surface area contributed by atoms with E-state index in [-0.39, 0.29) is 0 Å². The first-order chi connectivity index (χ1) is 11.7. The van der Waals surface area contributed by atoms with Gasteiger partial charge in [0.15, 0.2) is 0 Å². The second-order valence-electron chi connectivity index (χ2n) is 5.86. The minimum absolute atomic E-state index is 0.943. The third-order valence-corrected chi connectivity index (χ3v) is 3.94. The minimum atomic E-state index is 0.943. The van der Waals surface area contributed by atoms with Gasteiger partial charge in [-0.05, 0) is 31.1 Å². The van der Waals surface area contributed by atoms with Crippen LogP contribution in [0.4, 0.5) is 0 Å². The van der Waals surface area contributed by atoms with Crippen LogP contribution < -0.4 is 0 Å². The van der Waals surface area contributed by atoms with E-state index in [0.29, 0.717) is 0 Å². The first-order valence-corrected chi connectivity index (χ1v) is 8.54. The molecule has 24 heavy (non-hydrogen) atoms. The Labute approximate surface area is 146 Å². The van der Waals surface area contributed by atoms with Gasteiger partial charge in [0.2, 0.25) is 0 Å². The highest BCUT2D eigenvalue weighted by Gasteiger charge is 2.12. The van der Waals surface area contributed by atoms with Crippen LogP contribution in [0.3, 0.4) is 0 Å². The van der Waals surface area contributed by atoms with Crippen molar-refractivity contribution in [2.24, 2.45) is 0 Å². The Morgan fingerprint density at radius 1 is 0.875 bits per heavy atom. The normalized spacial score (nSPS) is 12.2. The van der Waals surface area contributed by atoms with Gasteiger partial charge >= 0.3 is 0 Å². The number of nitrogens with zero attached hydrogens (tertiary/aromatic N) is 2. The molecule has 125 valence electrons. The monoisotopic (exact) mass is 319 g/mol. The fraction of sp³-hybridized carbons (Fsp3) is 0.273. The molecule has 0 N–H and O–H groups in total. The summed E-state index contributed by atoms with van der Waals surface area (Å²) < 4.78 is 0. The summed E-state index contributed by atoms with van der Waals surface area (Å²) in [6.07, 6.45) is 5.83. The zero-order chi connectivity index (χ0) is 17.4. The van der Waals surface area contributed by atoms with Crippen molar-refractivity contribution in [2.45, 2.75) is 13.8 Å². The van der Waals surface area contributed by atoms with Gasteiger partial charge in [0.25, 0.3) is 0 Å². The summed E-state index contributed by atoms with van der Waals surface area (Å²) in [4.78, 5) is 4.37. The van der Waals surface area contributed by atoms with E-state index in [4.69, 9.17) is 0 Å². The van der Waals surface area contributed by atoms with Crippen molar-refractivity contribution in [1.82, 2.24) is 9.80 Å². The van der Waals surface area contributed by atoms with Crippen molar-refractivity contribution in [3.05, 3.63) is 83.7 Å². The van der Waals surface area contributed by atoms with Gasteiger partial charge in [-0.2, -0.15) is 0 Å². The third kappa shape index (κ3) is 4.76. The molecular weight excluding hydrogens is 292 g/mol. The lowest BCUT2D eigenvalue weighted by Gasteiger charge is -2.24. The molecule has 0 aliphatic heterocycles. The molecule has 0 spiro atoms. The van der Waals surface area contributed by atoms with Crippen molar-refractivity contribution < 1.29 is 0 Å². The lowest BCUT2D eigenvalue weighted by molar-refractivity contribution is 0.400. The summed E-state index contributed by atoms with van der Waals surface area (Å²) in [6.45, 7) is 6.21. The molecule has 2 aromatic carbocycles. The van der Waals surface area contributed by atoms with E-state index in [9.17, 15) is 0 Å². The molecule has 0 heterocycles. The summed E-state index contributed by atoms with van der Waals surface area (Å²) in [5.74, 6) is 0. The second kappa shape index (κ2) is 8.97. The summed E-state index contributed by atoms with van der Waals surface area (Å²) in [5, 5.41) is 0. The van der Waals surface area contributed by atoms with Crippen LogP contribution in [-0.4, -0.2) is 37.0 Å². The molecule has 0 amide bonds. The van der Waals surface area contributed by atoms with E-state index in [2.05, 4.69) is 105 Å². The van der Waals surface area contributed by atoms with E-state index in [0.717, 1.165) is 24.4 Å². The average molecular weight is 319 g/mol. The zero-order valence-electron chi connectivity index (χ0n) is 15.2. The van der Waals surface area contributed by atoms with Crippen molar-refractivity contribution in [3.63, 3.8) is 0 Å². The highest BCUT2D eigenvalue weighted by molar-refractivity contribution is 5.82. The van der Waals surface area contributed by atoms with E-state index in [1.54, 1.807) is 0 Å². The first-order valence-electron chi connectivity index (χ1n) is 8.54. The van der Waals surface area contributed by atoms with Gasteiger partial charge in [0.1, 0.15) is 0 Å². The summed E-state index contributed by atoms with van der Waals surface area (Å²) in [6, 6.07) is 20.9. The summed E-state index contributed by atoms with van der Waals surface area (Å²) >= 11 is 0. The highest BCUT2D eigenvalue weighted by Crippen LogP contribution is 2.26. The van der Waals surface area contributed by atoms with Gasteiger partial charge in [0.05, 0.1) is 6.20 Å². The average Bonchev–Trinajstić information content (AvgIpc) is 2.63. The van der Waals surface area contributed by atoms with Crippen LogP contribution in [0.1, 0.15) is 25.0 Å². The summed E-state index contributed by atoms with van der Waals surface area (Å²) in [5.41, 5.74) is 4.64. The lowest BCUT2D eigenvalue weighted by Crippen LogP contribution is -2.20. The Morgan fingerprint density at radius 2 is 1.42 bits per heavy atom. The SMILES string of the molecule is CCN(/[C]=C(/C(=Cc1ccccc1)N(C)C)c1ccccc1)CC. The molecule has 0 bridgehead atoms. The van der Waals surface area contributed by atoms with E-state index in [1.165, 1.54) is 11.1 Å². The fourth-order valence-corrected chi connectivity index (χ4v) is 2.55. The van der Waals surface area contributed by atoms with Crippen LogP contribution in [-0.2, 0) is 0 Å². The third-order valence-electron chi connectivity index (χ3n) is 3.94. The van der Waals surface area contributed by atoms with Crippen LogP contribution in [0.15, 0.2) is 66.4 Å². The number of benzene rings is 2. The predicted molar refractivity (Wildman–Crippen MR) is 104 cm³/mol. The molecule has 0 unspecified atom stereocenters. The van der Waals surface area contributed by atoms with Crippen molar-refractivity contribution in [1.29, 1.82) is 0 Å². The maximum absolute atomic E-state index is 3.61. The van der Waals surface area contributed by atoms with Gasteiger partial charge in [0, 0.05) is 38.5 Å². The van der Waals surface area contributed by atoms with Crippen molar-refractivity contribution >= 4 is 11.6 Å². The number of hydrogen-bond acceptors (Lipinski definition) is 2. The lowest BCUT2D eigenvalue weighted by atomic mass is 10.0. The molecule has 0 aliphatic carbocycles. The number of rotatable bonds is 7. The molecule has 2 heteroatoms. The predicted octanol–water partition coefficient (Wildman–Crippen LogP) is 4.78. The number of allylic oxidation sites excluding steroid dienone is 1. The Morgan fingerprint density at radius 3 is 1.92 bits per heavy atom.